The smallest absolute Gasteiger partial charge is 0.381 e. The molecule has 22 heavy (non-hydrogen) atoms. The average Bonchev–Trinajstić information content (AvgIpc) is 2.51. The fourth-order valence-electron chi connectivity index (χ4n) is 2.29. The second-order valence-corrected chi connectivity index (χ2v) is 7.90. The number of ether oxygens (including phenoxy) is 1. The lowest BCUT2D eigenvalue weighted by molar-refractivity contribution is 0.146. The van der Waals surface area contributed by atoms with Crippen molar-refractivity contribution < 1.29 is 18.3 Å². The van der Waals surface area contributed by atoms with Crippen LogP contribution in [-0.4, -0.2) is 29.5 Å². The molecule has 1 saturated carbocycles. The highest BCUT2D eigenvalue weighted by molar-refractivity contribution is 8.07. The van der Waals surface area contributed by atoms with Crippen molar-refractivity contribution in [3.05, 3.63) is 12.1 Å². The van der Waals surface area contributed by atoms with E-state index in [1.165, 1.54) is 19.3 Å². The van der Waals surface area contributed by atoms with Gasteiger partial charge in [0.15, 0.2) is 0 Å². The molecule has 0 aliphatic heterocycles. The van der Waals surface area contributed by atoms with Crippen LogP contribution in [0.4, 0.5) is 0 Å². The molecule has 0 unspecified atom stereocenters. The first-order chi connectivity index (χ1) is 10.6. The fraction of sp³-hybridized carbons (Fsp3) is 0.714. The third kappa shape index (κ3) is 5.47. The van der Waals surface area contributed by atoms with E-state index in [0.29, 0.717) is 25.0 Å². The van der Waals surface area contributed by atoms with E-state index in [4.69, 9.17) is 30.1 Å². The van der Waals surface area contributed by atoms with Crippen LogP contribution in [-0.2, 0) is 20.9 Å². The van der Waals surface area contributed by atoms with Gasteiger partial charge in [-0.05, 0) is 39.5 Å². The van der Waals surface area contributed by atoms with E-state index in [1.807, 2.05) is 13.8 Å². The third-order valence-corrected chi connectivity index (χ3v) is 5.65. The van der Waals surface area contributed by atoms with Gasteiger partial charge in [-0.3, -0.25) is 9.05 Å². The molecule has 0 atom stereocenters. The molecule has 0 N–H and O–H groups in total. The lowest BCUT2D eigenvalue weighted by atomic mass is 9.98. The Hall–Kier alpha value is -0.750. The maximum absolute atomic E-state index is 5.83. The molecule has 8 heteroatoms. The van der Waals surface area contributed by atoms with Crippen molar-refractivity contribution in [2.75, 3.05) is 13.2 Å². The number of rotatable bonds is 8. The summed E-state index contributed by atoms with van der Waals surface area (Å²) >= 11 is 5.29. The Morgan fingerprint density at radius 1 is 1.05 bits per heavy atom. The van der Waals surface area contributed by atoms with Crippen LogP contribution in [0.1, 0.15) is 46.0 Å². The highest BCUT2D eigenvalue weighted by atomic mass is 32.5. The van der Waals surface area contributed by atoms with Gasteiger partial charge in [-0.1, -0.05) is 6.42 Å². The van der Waals surface area contributed by atoms with Crippen LogP contribution in [0.25, 0.3) is 0 Å². The largest absolute Gasteiger partial charge is 0.473 e. The summed E-state index contributed by atoms with van der Waals surface area (Å²) in [5.74, 6) is 0.807. The van der Waals surface area contributed by atoms with E-state index >= 15 is 0 Å². The molecule has 0 bridgehead atoms. The Morgan fingerprint density at radius 2 is 1.64 bits per heavy atom. The second-order valence-electron chi connectivity index (χ2n) is 4.96. The van der Waals surface area contributed by atoms with E-state index in [-0.39, 0.29) is 6.10 Å². The molecule has 2 rings (SSSR count). The Bertz CT molecular complexity index is 484. The Balaban J connectivity index is 1.94. The molecular weight excluding hydrogens is 323 g/mol. The van der Waals surface area contributed by atoms with E-state index in [2.05, 4.69) is 10.2 Å². The van der Waals surface area contributed by atoms with E-state index in [1.54, 1.807) is 12.1 Å². The van der Waals surface area contributed by atoms with Crippen LogP contribution >= 0.6 is 6.72 Å². The summed E-state index contributed by atoms with van der Waals surface area (Å²) in [4.78, 5) is 0. The zero-order valence-corrected chi connectivity index (χ0v) is 14.8. The molecule has 1 aromatic heterocycles. The SMILES string of the molecule is CCOP(=S)(OCC)Oc1ccc(OC2CCCCC2)nn1. The second kappa shape index (κ2) is 8.77. The number of nitrogens with zero attached hydrogens (tertiary/aromatic N) is 2. The Kier molecular flexibility index (Phi) is 7.02. The average molecular weight is 346 g/mol. The van der Waals surface area contributed by atoms with Crippen LogP contribution in [0.2, 0.25) is 0 Å². The molecule has 1 fully saturated rings. The van der Waals surface area contributed by atoms with Gasteiger partial charge < -0.3 is 9.26 Å². The van der Waals surface area contributed by atoms with Gasteiger partial charge in [-0.2, -0.15) is 0 Å². The predicted molar refractivity (Wildman–Crippen MR) is 87.7 cm³/mol. The Morgan fingerprint density at radius 3 is 2.18 bits per heavy atom. The molecule has 1 heterocycles. The first-order valence-electron chi connectivity index (χ1n) is 7.74. The van der Waals surface area contributed by atoms with Crippen LogP contribution in [0, 0.1) is 0 Å². The molecule has 0 amide bonds. The van der Waals surface area contributed by atoms with Gasteiger partial charge in [0.2, 0.25) is 11.8 Å². The molecule has 0 aromatic carbocycles. The van der Waals surface area contributed by atoms with Crippen LogP contribution in [0.3, 0.4) is 0 Å². The summed E-state index contributed by atoms with van der Waals surface area (Å²) in [5, 5.41) is 8.04. The standard InChI is InChI=1S/C14H23N2O4PS/c1-3-17-21(22,18-4-2)20-14-11-10-13(15-16-14)19-12-8-6-5-7-9-12/h10-12H,3-9H2,1-2H3. The number of hydrogen-bond acceptors (Lipinski definition) is 7. The van der Waals surface area contributed by atoms with Gasteiger partial charge in [0, 0.05) is 23.9 Å². The normalized spacial score (nSPS) is 16.5. The van der Waals surface area contributed by atoms with E-state index < -0.39 is 6.72 Å². The van der Waals surface area contributed by atoms with Gasteiger partial charge in [0.1, 0.15) is 6.10 Å². The minimum atomic E-state index is -2.80. The van der Waals surface area contributed by atoms with Crippen molar-refractivity contribution in [1.29, 1.82) is 0 Å². The molecule has 6 nitrogen and oxygen atoms in total. The topological polar surface area (TPSA) is 62.7 Å². The quantitative estimate of drug-likeness (QED) is 0.662. The van der Waals surface area contributed by atoms with Crippen molar-refractivity contribution in [3.63, 3.8) is 0 Å². The summed E-state index contributed by atoms with van der Waals surface area (Å²) in [7, 11) is 0. The first-order valence-corrected chi connectivity index (χ1v) is 10.3. The minimum absolute atomic E-state index is 0.243. The fourth-order valence-corrected chi connectivity index (χ4v) is 4.29. The summed E-state index contributed by atoms with van der Waals surface area (Å²) in [6, 6.07) is 3.43. The summed E-state index contributed by atoms with van der Waals surface area (Å²) in [6.45, 7) is 1.73. The van der Waals surface area contributed by atoms with Gasteiger partial charge in [-0.15, -0.1) is 10.2 Å². The van der Waals surface area contributed by atoms with Crippen molar-refractivity contribution in [3.8, 4) is 11.8 Å². The van der Waals surface area contributed by atoms with E-state index in [0.717, 1.165) is 12.8 Å². The molecule has 0 spiro atoms. The lowest BCUT2D eigenvalue weighted by Crippen LogP contribution is -2.20. The molecular formula is C14H23N2O4PS. The van der Waals surface area contributed by atoms with Crippen LogP contribution in [0.15, 0.2) is 12.1 Å². The van der Waals surface area contributed by atoms with Crippen molar-refractivity contribution in [2.45, 2.75) is 52.1 Å². The predicted octanol–water partition coefficient (Wildman–Crippen LogP) is 3.86. The van der Waals surface area contributed by atoms with Gasteiger partial charge in [0.25, 0.3) is 0 Å². The molecule has 0 saturated heterocycles. The number of aromatic nitrogens is 2. The maximum atomic E-state index is 5.83. The minimum Gasteiger partial charge on any atom is -0.473 e. The number of hydrogen-bond donors (Lipinski definition) is 0. The zero-order chi connectivity index (χ0) is 15.8. The molecule has 1 aliphatic carbocycles. The lowest BCUT2D eigenvalue weighted by Gasteiger charge is -2.22. The van der Waals surface area contributed by atoms with Gasteiger partial charge in [0.05, 0.1) is 13.2 Å². The van der Waals surface area contributed by atoms with Crippen LogP contribution in [0.5, 0.6) is 11.8 Å². The van der Waals surface area contributed by atoms with Crippen LogP contribution < -0.4 is 9.26 Å². The summed E-state index contributed by atoms with van der Waals surface area (Å²) < 4.78 is 22.2. The summed E-state index contributed by atoms with van der Waals surface area (Å²) in [6.07, 6.45) is 6.12. The van der Waals surface area contributed by atoms with Crippen molar-refractivity contribution in [1.82, 2.24) is 10.2 Å². The highest BCUT2D eigenvalue weighted by Crippen LogP contribution is 2.49. The zero-order valence-electron chi connectivity index (χ0n) is 13.1. The molecule has 124 valence electrons. The molecule has 1 aliphatic rings. The highest BCUT2D eigenvalue weighted by Gasteiger charge is 2.22. The molecule has 0 radical (unpaired) electrons. The van der Waals surface area contributed by atoms with Gasteiger partial charge >= 0.3 is 6.72 Å². The summed E-state index contributed by atoms with van der Waals surface area (Å²) in [5.41, 5.74) is 0. The van der Waals surface area contributed by atoms with Crippen molar-refractivity contribution in [2.24, 2.45) is 0 Å². The maximum Gasteiger partial charge on any atom is 0.381 e. The Labute approximate surface area is 136 Å². The van der Waals surface area contributed by atoms with Crippen molar-refractivity contribution >= 4 is 18.5 Å². The van der Waals surface area contributed by atoms with E-state index in [9.17, 15) is 0 Å². The van der Waals surface area contributed by atoms with Gasteiger partial charge in [-0.25, -0.2) is 0 Å². The molecule has 1 aromatic rings. The third-order valence-electron chi connectivity index (χ3n) is 3.23. The monoisotopic (exact) mass is 346 g/mol. The first kappa shape index (κ1) is 17.6.